The zero-order chi connectivity index (χ0) is 13.1. The number of nitrogens with one attached hydrogen (secondary N) is 1. The highest BCUT2D eigenvalue weighted by atomic mass is 16.2. The van der Waals surface area contributed by atoms with Crippen molar-refractivity contribution in [1.29, 1.82) is 0 Å². The van der Waals surface area contributed by atoms with Crippen molar-refractivity contribution in [3.63, 3.8) is 0 Å². The molecule has 98 valence electrons. The number of likely N-dealkylation sites (tertiary alicyclic amines) is 1. The average molecular weight is 246 g/mol. The average Bonchev–Trinajstić information content (AvgIpc) is 2.38. The Morgan fingerprint density at radius 3 is 2.44 bits per heavy atom. The zero-order valence-corrected chi connectivity index (χ0v) is 11.4. The van der Waals surface area contributed by atoms with Gasteiger partial charge in [0.1, 0.15) is 0 Å². The molecular formula is C15H22N2O. The summed E-state index contributed by atoms with van der Waals surface area (Å²) in [5, 5.41) is 3.10. The topological polar surface area (TPSA) is 32.3 Å². The van der Waals surface area contributed by atoms with E-state index in [2.05, 4.69) is 19.2 Å². The van der Waals surface area contributed by atoms with Crippen LogP contribution in [0.15, 0.2) is 24.3 Å². The van der Waals surface area contributed by atoms with E-state index in [9.17, 15) is 4.79 Å². The van der Waals surface area contributed by atoms with Crippen LogP contribution in [0, 0.1) is 0 Å². The second kappa shape index (κ2) is 5.42. The molecule has 0 bridgehead atoms. The van der Waals surface area contributed by atoms with Crippen LogP contribution in [0.25, 0.3) is 0 Å². The van der Waals surface area contributed by atoms with Crippen LogP contribution in [0.4, 0.5) is 5.69 Å². The minimum atomic E-state index is 0.152. The molecular weight excluding hydrogens is 224 g/mol. The standard InChI is InChI=1S/C15H22N2O/c1-11-7-6-8-12(2)17(11)15(18)13-9-4-5-10-14(13)16-3/h4-5,9-12,16H,6-8H2,1-3H3/t11-,12+. The molecule has 1 N–H and O–H groups in total. The van der Waals surface area contributed by atoms with Gasteiger partial charge in [-0.25, -0.2) is 0 Å². The van der Waals surface area contributed by atoms with Gasteiger partial charge in [-0.3, -0.25) is 4.79 Å². The van der Waals surface area contributed by atoms with Crippen LogP contribution in [0.3, 0.4) is 0 Å². The van der Waals surface area contributed by atoms with Crippen molar-refractivity contribution in [2.45, 2.75) is 45.2 Å². The Balaban J connectivity index is 2.29. The number of hydrogen-bond donors (Lipinski definition) is 1. The number of carbonyl (C=O) groups excluding carboxylic acids is 1. The highest BCUT2D eigenvalue weighted by molar-refractivity contribution is 6.00. The number of amides is 1. The third-order valence-corrected chi connectivity index (χ3v) is 3.85. The maximum Gasteiger partial charge on any atom is 0.256 e. The lowest BCUT2D eigenvalue weighted by Crippen LogP contribution is -2.47. The van der Waals surface area contributed by atoms with Gasteiger partial charge < -0.3 is 10.2 Å². The molecule has 1 heterocycles. The first kappa shape index (κ1) is 12.9. The summed E-state index contributed by atoms with van der Waals surface area (Å²) in [5.41, 5.74) is 1.69. The Morgan fingerprint density at radius 2 is 1.83 bits per heavy atom. The van der Waals surface area contributed by atoms with Crippen LogP contribution in [0.1, 0.15) is 43.5 Å². The molecule has 0 saturated carbocycles. The lowest BCUT2D eigenvalue weighted by molar-refractivity contribution is 0.0512. The summed E-state index contributed by atoms with van der Waals surface area (Å²) < 4.78 is 0. The SMILES string of the molecule is CNc1ccccc1C(=O)N1[C@H](C)CCC[C@@H]1C. The molecule has 1 aromatic rings. The summed E-state index contributed by atoms with van der Waals surface area (Å²) in [7, 11) is 1.86. The summed E-state index contributed by atoms with van der Waals surface area (Å²) in [6.45, 7) is 4.30. The first-order valence-corrected chi connectivity index (χ1v) is 6.74. The van der Waals surface area contributed by atoms with Gasteiger partial charge in [-0.1, -0.05) is 12.1 Å². The Morgan fingerprint density at radius 1 is 1.22 bits per heavy atom. The van der Waals surface area contributed by atoms with Crippen LogP contribution in [0.2, 0.25) is 0 Å². The van der Waals surface area contributed by atoms with Gasteiger partial charge in [0.05, 0.1) is 5.56 Å². The molecule has 1 aromatic carbocycles. The molecule has 0 unspecified atom stereocenters. The van der Waals surface area contributed by atoms with Crippen LogP contribution in [0.5, 0.6) is 0 Å². The van der Waals surface area contributed by atoms with E-state index in [1.165, 1.54) is 6.42 Å². The number of nitrogens with zero attached hydrogens (tertiary/aromatic N) is 1. The number of anilines is 1. The van der Waals surface area contributed by atoms with Gasteiger partial charge in [0.15, 0.2) is 0 Å². The van der Waals surface area contributed by atoms with Gasteiger partial charge in [0, 0.05) is 24.8 Å². The molecule has 0 aromatic heterocycles. The molecule has 1 amide bonds. The third-order valence-electron chi connectivity index (χ3n) is 3.85. The third kappa shape index (κ3) is 2.35. The van der Waals surface area contributed by atoms with Crippen molar-refractivity contribution in [3.8, 4) is 0 Å². The van der Waals surface area contributed by atoms with E-state index in [1.807, 2.05) is 36.2 Å². The maximum absolute atomic E-state index is 12.7. The number of benzene rings is 1. The van der Waals surface area contributed by atoms with E-state index in [-0.39, 0.29) is 5.91 Å². The monoisotopic (exact) mass is 246 g/mol. The quantitative estimate of drug-likeness (QED) is 0.869. The van der Waals surface area contributed by atoms with Gasteiger partial charge in [0.25, 0.3) is 5.91 Å². The van der Waals surface area contributed by atoms with Crippen molar-refractivity contribution in [2.24, 2.45) is 0 Å². The van der Waals surface area contributed by atoms with Crippen molar-refractivity contribution >= 4 is 11.6 Å². The van der Waals surface area contributed by atoms with Crippen LogP contribution in [-0.4, -0.2) is 29.9 Å². The zero-order valence-electron chi connectivity index (χ0n) is 11.4. The van der Waals surface area contributed by atoms with Gasteiger partial charge in [0.2, 0.25) is 0 Å². The fraction of sp³-hybridized carbons (Fsp3) is 0.533. The predicted molar refractivity (Wildman–Crippen MR) is 74.9 cm³/mol. The highest BCUT2D eigenvalue weighted by Gasteiger charge is 2.30. The number of hydrogen-bond acceptors (Lipinski definition) is 2. The van der Waals surface area contributed by atoms with Crippen LogP contribution < -0.4 is 5.32 Å². The summed E-state index contributed by atoms with van der Waals surface area (Å²) in [6, 6.07) is 8.41. The van der Waals surface area contributed by atoms with Gasteiger partial charge in [-0.2, -0.15) is 0 Å². The van der Waals surface area contributed by atoms with Crippen molar-refractivity contribution in [3.05, 3.63) is 29.8 Å². The molecule has 0 spiro atoms. The molecule has 1 fully saturated rings. The van der Waals surface area contributed by atoms with Crippen molar-refractivity contribution in [2.75, 3.05) is 12.4 Å². The molecule has 0 radical (unpaired) electrons. The lowest BCUT2D eigenvalue weighted by Gasteiger charge is -2.39. The summed E-state index contributed by atoms with van der Waals surface area (Å²) in [6.07, 6.45) is 3.44. The largest absolute Gasteiger partial charge is 0.387 e. The Bertz CT molecular complexity index is 420. The van der Waals surface area contributed by atoms with Crippen LogP contribution >= 0.6 is 0 Å². The van der Waals surface area contributed by atoms with Gasteiger partial charge in [-0.15, -0.1) is 0 Å². The molecule has 1 aliphatic heterocycles. The summed E-state index contributed by atoms with van der Waals surface area (Å²) >= 11 is 0. The maximum atomic E-state index is 12.7. The molecule has 0 aliphatic carbocycles. The molecule has 2 atom stereocenters. The van der Waals surface area contributed by atoms with E-state index in [0.29, 0.717) is 12.1 Å². The number of para-hydroxylation sites is 1. The fourth-order valence-corrected chi connectivity index (χ4v) is 2.85. The Hall–Kier alpha value is -1.51. The second-order valence-corrected chi connectivity index (χ2v) is 5.14. The summed E-state index contributed by atoms with van der Waals surface area (Å²) in [4.78, 5) is 14.7. The van der Waals surface area contributed by atoms with E-state index in [1.54, 1.807) is 0 Å². The first-order chi connectivity index (χ1) is 8.65. The van der Waals surface area contributed by atoms with E-state index >= 15 is 0 Å². The van der Waals surface area contributed by atoms with Crippen LogP contribution in [-0.2, 0) is 0 Å². The minimum Gasteiger partial charge on any atom is -0.387 e. The Labute approximate surface area is 109 Å². The highest BCUT2D eigenvalue weighted by Crippen LogP contribution is 2.26. The first-order valence-electron chi connectivity index (χ1n) is 6.74. The van der Waals surface area contributed by atoms with E-state index < -0.39 is 0 Å². The number of rotatable bonds is 2. The van der Waals surface area contributed by atoms with Crippen molar-refractivity contribution < 1.29 is 4.79 Å². The summed E-state index contributed by atoms with van der Waals surface area (Å²) in [5.74, 6) is 0.152. The lowest BCUT2D eigenvalue weighted by atomic mass is 9.96. The smallest absolute Gasteiger partial charge is 0.256 e. The molecule has 1 saturated heterocycles. The molecule has 1 aliphatic rings. The number of carbonyl (C=O) groups is 1. The number of piperidine rings is 1. The minimum absolute atomic E-state index is 0.152. The molecule has 3 heteroatoms. The molecule has 3 nitrogen and oxygen atoms in total. The predicted octanol–water partition coefficient (Wildman–Crippen LogP) is 3.13. The fourth-order valence-electron chi connectivity index (χ4n) is 2.85. The van der Waals surface area contributed by atoms with Crippen molar-refractivity contribution in [1.82, 2.24) is 4.90 Å². The molecule has 18 heavy (non-hydrogen) atoms. The molecule has 2 rings (SSSR count). The Kier molecular flexibility index (Phi) is 3.90. The van der Waals surface area contributed by atoms with E-state index in [4.69, 9.17) is 0 Å². The van der Waals surface area contributed by atoms with Gasteiger partial charge >= 0.3 is 0 Å². The second-order valence-electron chi connectivity index (χ2n) is 5.14. The van der Waals surface area contributed by atoms with Gasteiger partial charge in [-0.05, 0) is 45.2 Å². The normalized spacial score (nSPS) is 23.8. The van der Waals surface area contributed by atoms with E-state index in [0.717, 1.165) is 24.1 Å².